The van der Waals surface area contributed by atoms with Crippen molar-refractivity contribution >= 4 is 0 Å². The van der Waals surface area contributed by atoms with Crippen molar-refractivity contribution in [3.05, 3.63) is 35.9 Å². The first-order chi connectivity index (χ1) is 7.35. The van der Waals surface area contributed by atoms with Crippen LogP contribution in [0.2, 0.25) is 0 Å². The Morgan fingerprint density at radius 3 is 2.20 bits per heavy atom. The number of rotatable bonds is 4. The molecule has 0 aromatic heterocycles. The molecular formula is C12H17NO2. The van der Waals surface area contributed by atoms with Crippen LogP contribution in [0.1, 0.15) is 12.0 Å². The second kappa shape index (κ2) is 4.75. The summed E-state index contributed by atoms with van der Waals surface area (Å²) < 4.78 is 0. The minimum Gasteiger partial charge on any atom is -0.395 e. The fourth-order valence-corrected chi connectivity index (χ4v) is 2.16. The van der Waals surface area contributed by atoms with E-state index >= 15 is 0 Å². The normalized spacial score (nSPS) is 26.3. The van der Waals surface area contributed by atoms with Gasteiger partial charge in [0.15, 0.2) is 0 Å². The number of hydrogen-bond donors (Lipinski definition) is 2. The van der Waals surface area contributed by atoms with Crippen molar-refractivity contribution in [2.24, 2.45) is 0 Å². The fourth-order valence-electron chi connectivity index (χ4n) is 2.16. The van der Waals surface area contributed by atoms with Gasteiger partial charge in [-0.15, -0.1) is 0 Å². The van der Waals surface area contributed by atoms with Crippen LogP contribution in [0, 0.1) is 0 Å². The van der Waals surface area contributed by atoms with E-state index in [1.54, 1.807) is 0 Å². The van der Waals surface area contributed by atoms with E-state index in [1.807, 2.05) is 18.2 Å². The van der Waals surface area contributed by atoms with Crippen molar-refractivity contribution in [2.45, 2.75) is 25.0 Å². The summed E-state index contributed by atoms with van der Waals surface area (Å²) in [5.74, 6) is 0. The maximum absolute atomic E-state index is 9.12. The van der Waals surface area contributed by atoms with Crippen molar-refractivity contribution in [3.8, 4) is 0 Å². The Balaban J connectivity index is 1.98. The van der Waals surface area contributed by atoms with E-state index in [-0.39, 0.29) is 25.3 Å². The Kier molecular flexibility index (Phi) is 3.36. The lowest BCUT2D eigenvalue weighted by molar-refractivity contribution is -0.0475. The monoisotopic (exact) mass is 207 g/mol. The van der Waals surface area contributed by atoms with Crippen LogP contribution in [0.4, 0.5) is 0 Å². The minimum absolute atomic E-state index is 0.184. The molecule has 0 bridgehead atoms. The number of hydrogen-bond acceptors (Lipinski definition) is 3. The maximum Gasteiger partial charge on any atom is 0.0587 e. The van der Waals surface area contributed by atoms with Gasteiger partial charge < -0.3 is 10.2 Å². The van der Waals surface area contributed by atoms with Gasteiger partial charge in [0.05, 0.1) is 13.2 Å². The fraction of sp³-hybridized carbons (Fsp3) is 0.500. The van der Waals surface area contributed by atoms with Crippen molar-refractivity contribution in [3.63, 3.8) is 0 Å². The van der Waals surface area contributed by atoms with Crippen LogP contribution in [0.25, 0.3) is 0 Å². The number of nitrogens with zero attached hydrogens (tertiary/aromatic N) is 1. The summed E-state index contributed by atoms with van der Waals surface area (Å²) in [4.78, 5) is 2.16. The Hall–Kier alpha value is -0.900. The summed E-state index contributed by atoms with van der Waals surface area (Å²) in [6.45, 7) is 1.18. The number of benzene rings is 1. The molecule has 1 fully saturated rings. The lowest BCUT2D eigenvalue weighted by Gasteiger charge is -2.47. The number of likely N-dealkylation sites (tertiary alicyclic amines) is 1. The van der Waals surface area contributed by atoms with Gasteiger partial charge in [-0.1, -0.05) is 30.3 Å². The third-order valence-electron chi connectivity index (χ3n) is 3.11. The van der Waals surface area contributed by atoms with E-state index in [0.717, 1.165) is 13.0 Å². The highest BCUT2D eigenvalue weighted by atomic mass is 16.3. The molecule has 82 valence electrons. The molecule has 3 heteroatoms. The van der Waals surface area contributed by atoms with E-state index < -0.39 is 0 Å². The molecular weight excluding hydrogens is 190 g/mol. The van der Waals surface area contributed by atoms with Crippen molar-refractivity contribution < 1.29 is 10.2 Å². The maximum atomic E-state index is 9.12. The van der Waals surface area contributed by atoms with Crippen molar-refractivity contribution in [2.75, 3.05) is 13.2 Å². The van der Waals surface area contributed by atoms with Gasteiger partial charge >= 0.3 is 0 Å². The highest BCUT2D eigenvalue weighted by Crippen LogP contribution is 2.27. The lowest BCUT2D eigenvalue weighted by atomic mass is 9.93. The number of aliphatic hydroxyl groups is 2. The molecule has 3 nitrogen and oxygen atoms in total. The predicted molar refractivity (Wildman–Crippen MR) is 58.3 cm³/mol. The van der Waals surface area contributed by atoms with Crippen molar-refractivity contribution in [1.29, 1.82) is 0 Å². The number of aliphatic hydroxyl groups excluding tert-OH is 2. The van der Waals surface area contributed by atoms with E-state index in [9.17, 15) is 0 Å². The van der Waals surface area contributed by atoms with Gasteiger partial charge in [-0.2, -0.15) is 0 Å². The molecule has 1 aliphatic heterocycles. The second-order valence-corrected chi connectivity index (χ2v) is 4.07. The van der Waals surface area contributed by atoms with Crippen molar-refractivity contribution in [1.82, 2.24) is 4.90 Å². The molecule has 1 aromatic carbocycles. The molecule has 2 rings (SSSR count). The highest BCUT2D eigenvalue weighted by molar-refractivity contribution is 5.15. The van der Waals surface area contributed by atoms with Gasteiger partial charge in [0.2, 0.25) is 0 Å². The molecule has 0 spiro atoms. The Bertz CT molecular complexity index is 292. The summed E-state index contributed by atoms with van der Waals surface area (Å²) >= 11 is 0. The zero-order valence-electron chi connectivity index (χ0n) is 8.71. The first kappa shape index (κ1) is 10.6. The Morgan fingerprint density at radius 1 is 1.07 bits per heavy atom. The van der Waals surface area contributed by atoms with Crippen LogP contribution < -0.4 is 0 Å². The van der Waals surface area contributed by atoms with E-state index in [0.29, 0.717) is 0 Å². The SMILES string of the molecule is OC[C@@H]1C[C@@H](CO)N1Cc1ccccc1. The van der Waals surface area contributed by atoms with Gasteiger partial charge in [0, 0.05) is 18.6 Å². The first-order valence-electron chi connectivity index (χ1n) is 5.36. The van der Waals surface area contributed by atoms with E-state index in [2.05, 4.69) is 17.0 Å². The Morgan fingerprint density at radius 2 is 1.67 bits per heavy atom. The summed E-state index contributed by atoms with van der Waals surface area (Å²) in [5.41, 5.74) is 1.23. The van der Waals surface area contributed by atoms with Gasteiger partial charge in [-0.05, 0) is 12.0 Å². The molecule has 0 amide bonds. The molecule has 0 saturated carbocycles. The zero-order chi connectivity index (χ0) is 10.7. The molecule has 0 radical (unpaired) electrons. The molecule has 1 heterocycles. The van der Waals surface area contributed by atoms with E-state index in [1.165, 1.54) is 5.56 Å². The molecule has 15 heavy (non-hydrogen) atoms. The third-order valence-corrected chi connectivity index (χ3v) is 3.11. The zero-order valence-corrected chi connectivity index (χ0v) is 8.71. The molecule has 1 saturated heterocycles. The minimum atomic E-state index is 0.184. The standard InChI is InChI=1S/C12H17NO2/c14-8-11-6-12(9-15)13(11)7-10-4-2-1-3-5-10/h1-5,11-12,14-15H,6-9H2/t11-,12-/m0/s1. The summed E-state index contributed by atoms with van der Waals surface area (Å²) in [6, 6.07) is 10.6. The predicted octanol–water partition coefficient (Wildman–Crippen LogP) is 0.614. The van der Waals surface area contributed by atoms with Crippen LogP contribution >= 0.6 is 0 Å². The third kappa shape index (κ3) is 2.20. The van der Waals surface area contributed by atoms with Crippen LogP contribution in [-0.2, 0) is 6.54 Å². The molecule has 2 atom stereocenters. The molecule has 0 aliphatic carbocycles. The summed E-state index contributed by atoms with van der Waals surface area (Å²) in [6.07, 6.45) is 0.903. The van der Waals surface area contributed by atoms with Gasteiger partial charge in [-0.25, -0.2) is 0 Å². The van der Waals surface area contributed by atoms with Gasteiger partial charge in [0.1, 0.15) is 0 Å². The average molecular weight is 207 g/mol. The summed E-state index contributed by atoms with van der Waals surface area (Å²) in [7, 11) is 0. The highest BCUT2D eigenvalue weighted by Gasteiger charge is 2.36. The quantitative estimate of drug-likeness (QED) is 0.760. The summed E-state index contributed by atoms with van der Waals surface area (Å²) in [5, 5.41) is 18.2. The van der Waals surface area contributed by atoms with Crippen LogP contribution in [0.3, 0.4) is 0 Å². The van der Waals surface area contributed by atoms with Crippen LogP contribution in [0.15, 0.2) is 30.3 Å². The molecule has 0 unspecified atom stereocenters. The van der Waals surface area contributed by atoms with Crippen LogP contribution in [-0.4, -0.2) is 40.4 Å². The molecule has 1 aliphatic rings. The molecule has 1 aromatic rings. The Labute approximate surface area is 90.0 Å². The lowest BCUT2D eigenvalue weighted by Crippen LogP contribution is -2.58. The van der Waals surface area contributed by atoms with Gasteiger partial charge in [-0.3, -0.25) is 4.90 Å². The first-order valence-corrected chi connectivity index (χ1v) is 5.36. The topological polar surface area (TPSA) is 43.7 Å². The largest absolute Gasteiger partial charge is 0.395 e. The molecule has 2 N–H and O–H groups in total. The average Bonchev–Trinajstić information content (AvgIpc) is 2.27. The second-order valence-electron chi connectivity index (χ2n) is 4.07. The smallest absolute Gasteiger partial charge is 0.0587 e. The van der Waals surface area contributed by atoms with Crippen LogP contribution in [0.5, 0.6) is 0 Å². The van der Waals surface area contributed by atoms with Gasteiger partial charge in [0.25, 0.3) is 0 Å². The van der Waals surface area contributed by atoms with E-state index in [4.69, 9.17) is 10.2 Å².